The van der Waals surface area contributed by atoms with E-state index in [1.54, 1.807) is 19.1 Å². The van der Waals surface area contributed by atoms with Crippen LogP contribution in [0.25, 0.3) is 0 Å². The zero-order chi connectivity index (χ0) is 22.7. The Kier molecular flexibility index (Phi) is 6.79. The quantitative estimate of drug-likeness (QED) is 0.388. The van der Waals surface area contributed by atoms with Crippen molar-refractivity contribution in [3.8, 4) is 0 Å². The summed E-state index contributed by atoms with van der Waals surface area (Å²) in [5.41, 5.74) is 2.15. The maximum absolute atomic E-state index is 12.6. The maximum Gasteiger partial charge on any atom is 0.338 e. The Morgan fingerprint density at radius 2 is 2.03 bits per heavy atom. The number of nitrogens with zero attached hydrogens (tertiary/aromatic N) is 3. The highest BCUT2D eigenvalue weighted by Crippen LogP contribution is 2.45. The summed E-state index contributed by atoms with van der Waals surface area (Å²) in [6.45, 7) is 5.65. The summed E-state index contributed by atoms with van der Waals surface area (Å²) < 4.78 is 5.00. The Bertz CT molecular complexity index is 1000. The predicted molar refractivity (Wildman–Crippen MR) is 118 cm³/mol. The van der Waals surface area contributed by atoms with Gasteiger partial charge in [-0.05, 0) is 43.4 Å². The van der Waals surface area contributed by atoms with Gasteiger partial charge in [0.15, 0.2) is 5.17 Å². The molecule has 164 valence electrons. The highest BCUT2D eigenvalue weighted by atomic mass is 32.2. The monoisotopic (exact) mass is 444 g/mol. The number of thioether (sulfide) groups is 1. The summed E-state index contributed by atoms with van der Waals surface area (Å²) in [5, 5.41) is 16.5. The molecule has 0 saturated heterocycles. The average Bonchev–Trinajstić information content (AvgIpc) is 3.13. The number of nitro benzene ring substituents is 1. The largest absolute Gasteiger partial charge is 0.466 e. The molecule has 0 aliphatic carbocycles. The fourth-order valence-corrected chi connectivity index (χ4v) is 4.39. The number of hydrogen-bond donors (Lipinski definition) is 1. The van der Waals surface area contributed by atoms with E-state index in [-0.39, 0.29) is 24.1 Å². The highest BCUT2D eigenvalue weighted by Gasteiger charge is 2.41. The van der Waals surface area contributed by atoms with E-state index in [9.17, 15) is 19.7 Å². The van der Waals surface area contributed by atoms with Crippen LogP contribution in [0.1, 0.15) is 45.2 Å². The van der Waals surface area contributed by atoms with Crippen LogP contribution >= 0.6 is 11.8 Å². The van der Waals surface area contributed by atoms with E-state index in [1.165, 1.54) is 31.0 Å². The van der Waals surface area contributed by atoms with Crippen LogP contribution in [-0.4, -0.2) is 40.0 Å². The summed E-state index contributed by atoms with van der Waals surface area (Å²) >= 11 is 1.37. The molecule has 2 heterocycles. The van der Waals surface area contributed by atoms with E-state index in [1.807, 2.05) is 24.2 Å². The highest BCUT2D eigenvalue weighted by molar-refractivity contribution is 8.16. The SMILES string of the molecule is CCC(C)NC(=O)CC1=CSC2=NC(C)=C(C(=O)OC)C(c3ccc([N+](=O)[O-])cc3)N12. The van der Waals surface area contributed by atoms with Crippen LogP contribution in [0.15, 0.2) is 51.6 Å². The van der Waals surface area contributed by atoms with Crippen LogP contribution in [0, 0.1) is 10.1 Å². The molecule has 1 amide bonds. The zero-order valence-corrected chi connectivity index (χ0v) is 18.6. The second kappa shape index (κ2) is 9.34. The summed E-state index contributed by atoms with van der Waals surface area (Å²) in [6, 6.07) is 5.46. The lowest BCUT2D eigenvalue weighted by atomic mass is 9.93. The van der Waals surface area contributed by atoms with Crippen molar-refractivity contribution < 1.29 is 19.2 Å². The number of carbonyl (C=O) groups excluding carboxylic acids is 2. The Labute approximate surface area is 184 Å². The van der Waals surface area contributed by atoms with E-state index in [0.29, 0.717) is 27.7 Å². The fourth-order valence-electron chi connectivity index (χ4n) is 3.43. The minimum Gasteiger partial charge on any atom is -0.466 e. The molecule has 31 heavy (non-hydrogen) atoms. The summed E-state index contributed by atoms with van der Waals surface area (Å²) in [5.74, 6) is -0.667. The lowest BCUT2D eigenvalue weighted by Crippen LogP contribution is -2.39. The molecule has 0 bridgehead atoms. The number of fused-ring (bicyclic) bond motifs is 1. The van der Waals surface area contributed by atoms with Crippen molar-refractivity contribution in [2.75, 3.05) is 7.11 Å². The molecule has 2 aliphatic rings. The van der Waals surface area contributed by atoms with Crippen molar-refractivity contribution >= 4 is 34.5 Å². The normalized spacial score (nSPS) is 18.7. The predicted octanol–water partition coefficient (Wildman–Crippen LogP) is 3.65. The molecule has 0 aromatic heterocycles. The third kappa shape index (κ3) is 4.63. The molecule has 2 aliphatic heterocycles. The number of amides is 1. The first-order valence-electron chi connectivity index (χ1n) is 9.83. The number of allylic oxidation sites excluding steroid dienone is 1. The number of benzene rings is 1. The number of hydrogen-bond acceptors (Lipinski definition) is 8. The van der Waals surface area contributed by atoms with Crippen molar-refractivity contribution in [3.05, 3.63) is 62.3 Å². The first-order chi connectivity index (χ1) is 14.8. The fraction of sp³-hybridized carbons (Fsp3) is 0.381. The number of nitrogens with one attached hydrogen (secondary N) is 1. The number of ether oxygens (including phenoxy) is 1. The zero-order valence-electron chi connectivity index (χ0n) is 17.7. The van der Waals surface area contributed by atoms with Gasteiger partial charge in [-0.15, -0.1) is 0 Å². The molecular formula is C21H24N4O5S. The van der Waals surface area contributed by atoms with Gasteiger partial charge in [-0.2, -0.15) is 0 Å². The molecule has 0 saturated carbocycles. The molecule has 1 aromatic carbocycles. The summed E-state index contributed by atoms with van der Waals surface area (Å²) in [6.07, 6.45) is 0.934. The number of esters is 1. The lowest BCUT2D eigenvalue weighted by Gasteiger charge is -2.36. The second-order valence-electron chi connectivity index (χ2n) is 7.29. The summed E-state index contributed by atoms with van der Waals surface area (Å²) in [7, 11) is 1.30. The van der Waals surface area contributed by atoms with Crippen molar-refractivity contribution in [1.29, 1.82) is 0 Å². The molecule has 9 nitrogen and oxygen atoms in total. The van der Waals surface area contributed by atoms with Crippen molar-refractivity contribution in [1.82, 2.24) is 10.2 Å². The Morgan fingerprint density at radius 1 is 1.35 bits per heavy atom. The van der Waals surface area contributed by atoms with Gasteiger partial charge < -0.3 is 15.0 Å². The first kappa shape index (κ1) is 22.5. The number of carbonyl (C=O) groups is 2. The second-order valence-corrected chi connectivity index (χ2v) is 8.12. The number of aliphatic imine (C=N–C) groups is 1. The minimum atomic E-state index is -0.613. The molecule has 0 spiro atoms. The molecule has 2 unspecified atom stereocenters. The minimum absolute atomic E-state index is 0.0479. The van der Waals surface area contributed by atoms with Gasteiger partial charge in [0.1, 0.15) is 0 Å². The standard InChI is InChI=1S/C21H24N4O5S/c1-5-12(2)22-17(26)10-16-11-31-21-23-13(3)18(20(27)30-4)19(24(16)21)14-6-8-15(9-7-14)25(28)29/h6-9,11-12,19H,5,10H2,1-4H3,(H,22,26). The third-order valence-electron chi connectivity index (χ3n) is 5.19. The van der Waals surface area contributed by atoms with Crippen LogP contribution in [0.5, 0.6) is 0 Å². The first-order valence-corrected chi connectivity index (χ1v) is 10.7. The number of nitro groups is 1. The van der Waals surface area contributed by atoms with Crippen molar-refractivity contribution in [3.63, 3.8) is 0 Å². The summed E-state index contributed by atoms with van der Waals surface area (Å²) in [4.78, 5) is 42.1. The van der Waals surface area contributed by atoms with Crippen molar-refractivity contribution in [2.45, 2.75) is 45.7 Å². The Balaban J connectivity index is 2.00. The lowest BCUT2D eigenvalue weighted by molar-refractivity contribution is -0.384. The van der Waals surface area contributed by atoms with E-state index in [2.05, 4.69) is 10.3 Å². The van der Waals surface area contributed by atoms with Crippen LogP contribution in [0.4, 0.5) is 5.69 Å². The number of non-ortho nitro benzene ring substituents is 1. The van der Waals surface area contributed by atoms with Gasteiger partial charge in [0.25, 0.3) is 5.69 Å². The molecule has 10 heteroatoms. The average molecular weight is 445 g/mol. The molecular weight excluding hydrogens is 420 g/mol. The van der Waals surface area contributed by atoms with Gasteiger partial charge in [0, 0.05) is 23.9 Å². The van der Waals surface area contributed by atoms with Gasteiger partial charge in [-0.25, -0.2) is 9.79 Å². The Hall–Kier alpha value is -3.14. The maximum atomic E-state index is 12.6. The van der Waals surface area contributed by atoms with Crippen LogP contribution < -0.4 is 5.32 Å². The third-order valence-corrected chi connectivity index (χ3v) is 6.08. The van der Waals surface area contributed by atoms with Gasteiger partial charge in [-0.1, -0.05) is 18.7 Å². The van der Waals surface area contributed by atoms with Gasteiger partial charge >= 0.3 is 5.97 Å². The van der Waals surface area contributed by atoms with E-state index in [4.69, 9.17) is 4.74 Å². The number of rotatable bonds is 7. The number of amidine groups is 1. The van der Waals surface area contributed by atoms with Crippen LogP contribution in [-0.2, 0) is 14.3 Å². The smallest absolute Gasteiger partial charge is 0.338 e. The van der Waals surface area contributed by atoms with Gasteiger partial charge in [-0.3, -0.25) is 14.9 Å². The molecule has 1 N–H and O–H groups in total. The number of methoxy groups -OCH3 is 1. The van der Waals surface area contributed by atoms with E-state index < -0.39 is 16.9 Å². The Morgan fingerprint density at radius 3 is 2.61 bits per heavy atom. The topological polar surface area (TPSA) is 114 Å². The van der Waals surface area contributed by atoms with E-state index >= 15 is 0 Å². The molecule has 0 radical (unpaired) electrons. The van der Waals surface area contributed by atoms with E-state index in [0.717, 1.165) is 6.42 Å². The van der Waals surface area contributed by atoms with Gasteiger partial charge in [0.05, 0.1) is 35.8 Å². The van der Waals surface area contributed by atoms with Crippen LogP contribution in [0.2, 0.25) is 0 Å². The molecule has 0 fully saturated rings. The molecule has 1 aromatic rings. The van der Waals surface area contributed by atoms with Gasteiger partial charge in [0.2, 0.25) is 5.91 Å². The molecule has 2 atom stereocenters. The van der Waals surface area contributed by atoms with Crippen LogP contribution in [0.3, 0.4) is 0 Å². The van der Waals surface area contributed by atoms with Crippen molar-refractivity contribution in [2.24, 2.45) is 4.99 Å². The molecule has 3 rings (SSSR count).